The van der Waals surface area contributed by atoms with Gasteiger partial charge < -0.3 is 10.4 Å². The van der Waals surface area contributed by atoms with Gasteiger partial charge in [0, 0.05) is 17.8 Å². The molecule has 1 fully saturated rings. The monoisotopic (exact) mass is 410 g/mol. The molecule has 1 aliphatic rings. The van der Waals surface area contributed by atoms with Crippen molar-refractivity contribution in [3.8, 4) is 11.5 Å². The van der Waals surface area contributed by atoms with Crippen LogP contribution in [0.4, 0.5) is 10.2 Å². The summed E-state index contributed by atoms with van der Waals surface area (Å²) in [5.41, 5.74) is 1.32. The average Bonchev–Trinajstić information content (AvgIpc) is 3.34. The minimum atomic E-state index is -0.865. The third-order valence-electron chi connectivity index (χ3n) is 5.91. The van der Waals surface area contributed by atoms with Crippen molar-refractivity contribution in [2.24, 2.45) is 5.41 Å². The summed E-state index contributed by atoms with van der Waals surface area (Å²) in [6.45, 7) is 5.93. The zero-order valence-corrected chi connectivity index (χ0v) is 16.7. The van der Waals surface area contributed by atoms with E-state index in [9.17, 15) is 14.3 Å². The van der Waals surface area contributed by atoms with Crippen LogP contribution >= 0.6 is 0 Å². The molecule has 4 rings (SSSR count). The molecule has 1 unspecified atom stereocenters. The third kappa shape index (κ3) is 3.74. The van der Waals surface area contributed by atoms with Gasteiger partial charge >= 0.3 is 5.97 Å². The average molecular weight is 410 g/mol. The molecular weight excluding hydrogens is 387 g/mol. The standard InChI is InChI=1S/C21H23FN6O2/c1-3-12-10-23-20(17-14-8-13(22)11-24-19(14)28-27-17)26-18(12)25-15(9-16(29)30)21(2)6-4-5-7-21/h3,8,10-11,15H,1,4-7,9H2,2H3,(H,29,30)(H,23,25,26)(H,24,27,28). The van der Waals surface area contributed by atoms with Gasteiger partial charge in [-0.1, -0.05) is 32.4 Å². The van der Waals surface area contributed by atoms with Crippen molar-refractivity contribution >= 4 is 28.9 Å². The number of hydrogen-bond donors (Lipinski definition) is 3. The van der Waals surface area contributed by atoms with Crippen LogP contribution in [0.2, 0.25) is 0 Å². The lowest BCUT2D eigenvalue weighted by atomic mass is 9.79. The minimum absolute atomic E-state index is 0.0193. The molecule has 1 atom stereocenters. The highest BCUT2D eigenvalue weighted by molar-refractivity contribution is 5.89. The Morgan fingerprint density at radius 2 is 2.17 bits per heavy atom. The highest BCUT2D eigenvalue weighted by Gasteiger charge is 2.38. The molecule has 156 valence electrons. The van der Waals surface area contributed by atoms with Gasteiger partial charge in [-0.3, -0.25) is 9.89 Å². The molecule has 1 saturated carbocycles. The first kappa shape index (κ1) is 19.9. The molecular formula is C21H23FN6O2. The summed E-state index contributed by atoms with van der Waals surface area (Å²) < 4.78 is 13.7. The summed E-state index contributed by atoms with van der Waals surface area (Å²) in [7, 11) is 0. The number of aromatic amines is 1. The molecule has 0 saturated heterocycles. The Kier molecular flexibility index (Phi) is 5.19. The molecule has 9 heteroatoms. The van der Waals surface area contributed by atoms with Crippen molar-refractivity contribution in [2.45, 2.75) is 45.1 Å². The number of nitrogens with zero attached hydrogens (tertiary/aromatic N) is 4. The van der Waals surface area contributed by atoms with Gasteiger partial charge in [-0.2, -0.15) is 5.10 Å². The van der Waals surface area contributed by atoms with Gasteiger partial charge in [-0.15, -0.1) is 0 Å². The van der Waals surface area contributed by atoms with Crippen LogP contribution in [0, 0.1) is 11.2 Å². The first-order valence-electron chi connectivity index (χ1n) is 9.87. The van der Waals surface area contributed by atoms with E-state index in [2.05, 4.69) is 44.0 Å². The van der Waals surface area contributed by atoms with Crippen molar-refractivity contribution in [1.29, 1.82) is 0 Å². The molecule has 0 radical (unpaired) electrons. The first-order chi connectivity index (χ1) is 14.4. The molecule has 30 heavy (non-hydrogen) atoms. The number of fused-ring (bicyclic) bond motifs is 1. The van der Waals surface area contributed by atoms with Crippen molar-refractivity contribution in [2.75, 3.05) is 5.32 Å². The van der Waals surface area contributed by atoms with Crippen LogP contribution in [0.5, 0.6) is 0 Å². The number of rotatable bonds is 7. The van der Waals surface area contributed by atoms with Crippen molar-refractivity contribution in [1.82, 2.24) is 25.1 Å². The maximum atomic E-state index is 13.7. The second-order valence-electron chi connectivity index (χ2n) is 7.98. The number of aromatic nitrogens is 5. The lowest BCUT2D eigenvalue weighted by Gasteiger charge is -2.34. The van der Waals surface area contributed by atoms with Crippen LogP contribution in [-0.2, 0) is 4.79 Å². The number of pyridine rings is 1. The number of carboxylic acid groups (broad SMARTS) is 1. The van der Waals surface area contributed by atoms with E-state index in [0.717, 1.165) is 31.9 Å². The lowest BCUT2D eigenvalue weighted by molar-refractivity contribution is -0.137. The summed E-state index contributed by atoms with van der Waals surface area (Å²) in [6, 6.07) is 1.03. The van der Waals surface area contributed by atoms with Crippen LogP contribution < -0.4 is 5.32 Å². The van der Waals surface area contributed by atoms with Gasteiger partial charge in [0.05, 0.1) is 18.0 Å². The van der Waals surface area contributed by atoms with E-state index in [1.54, 1.807) is 12.3 Å². The number of H-pyrrole nitrogens is 1. The Labute approximate surface area is 172 Å². The molecule has 0 spiro atoms. The van der Waals surface area contributed by atoms with Gasteiger partial charge in [0.25, 0.3) is 0 Å². The fraction of sp³-hybridized carbons (Fsp3) is 0.381. The minimum Gasteiger partial charge on any atom is -0.481 e. The Balaban J connectivity index is 1.74. The summed E-state index contributed by atoms with van der Waals surface area (Å²) in [5.74, 6) is -0.553. The zero-order valence-electron chi connectivity index (χ0n) is 16.7. The van der Waals surface area contributed by atoms with Gasteiger partial charge in [0.1, 0.15) is 17.3 Å². The van der Waals surface area contributed by atoms with Crippen LogP contribution in [0.1, 0.15) is 44.6 Å². The summed E-state index contributed by atoms with van der Waals surface area (Å²) in [5, 5.41) is 20.2. The summed E-state index contributed by atoms with van der Waals surface area (Å²) in [6.07, 6.45) is 8.37. The molecule has 8 nitrogen and oxygen atoms in total. The molecule has 0 aromatic carbocycles. The molecule has 1 aliphatic carbocycles. The van der Waals surface area contributed by atoms with E-state index in [0.29, 0.717) is 33.9 Å². The quantitative estimate of drug-likeness (QED) is 0.538. The number of carboxylic acids is 1. The largest absolute Gasteiger partial charge is 0.481 e. The summed E-state index contributed by atoms with van der Waals surface area (Å²) in [4.78, 5) is 24.5. The first-order valence-corrected chi connectivity index (χ1v) is 9.87. The van der Waals surface area contributed by atoms with E-state index in [1.807, 2.05) is 0 Å². The van der Waals surface area contributed by atoms with Crippen molar-refractivity contribution < 1.29 is 14.3 Å². The van der Waals surface area contributed by atoms with Crippen molar-refractivity contribution in [3.05, 3.63) is 36.4 Å². The van der Waals surface area contributed by atoms with E-state index in [-0.39, 0.29) is 17.9 Å². The normalized spacial score (nSPS) is 16.5. The number of hydrogen-bond acceptors (Lipinski definition) is 6. The van der Waals surface area contributed by atoms with Crippen molar-refractivity contribution in [3.63, 3.8) is 0 Å². The van der Waals surface area contributed by atoms with E-state index < -0.39 is 11.8 Å². The second-order valence-corrected chi connectivity index (χ2v) is 7.98. The predicted octanol–water partition coefficient (Wildman–Crippen LogP) is 4.03. The molecule has 3 aromatic rings. The Hall–Kier alpha value is -3.36. The highest BCUT2D eigenvalue weighted by atomic mass is 19.1. The number of anilines is 1. The fourth-order valence-electron chi connectivity index (χ4n) is 4.16. The third-order valence-corrected chi connectivity index (χ3v) is 5.91. The van der Waals surface area contributed by atoms with E-state index in [4.69, 9.17) is 0 Å². The maximum Gasteiger partial charge on any atom is 0.305 e. The lowest BCUT2D eigenvalue weighted by Crippen LogP contribution is -2.39. The SMILES string of the molecule is C=Cc1cnc(-c2[nH]nc3ncc(F)cc23)nc1NC(CC(=O)O)C1(C)CCCC1. The van der Waals surface area contributed by atoms with Crippen LogP contribution in [0.25, 0.3) is 28.6 Å². The predicted molar refractivity (Wildman–Crippen MR) is 111 cm³/mol. The van der Waals surface area contributed by atoms with Crippen LogP contribution in [0.3, 0.4) is 0 Å². The van der Waals surface area contributed by atoms with Crippen LogP contribution in [0.15, 0.2) is 25.0 Å². The molecule has 3 aromatic heterocycles. The molecule has 3 N–H and O–H groups in total. The highest BCUT2D eigenvalue weighted by Crippen LogP contribution is 2.43. The second kappa shape index (κ2) is 7.81. The van der Waals surface area contributed by atoms with E-state index >= 15 is 0 Å². The number of nitrogens with one attached hydrogen (secondary N) is 2. The Bertz CT molecular complexity index is 1110. The maximum absolute atomic E-state index is 13.7. The molecule has 0 aliphatic heterocycles. The number of halogens is 1. The van der Waals surface area contributed by atoms with Crippen LogP contribution in [-0.4, -0.2) is 42.3 Å². The van der Waals surface area contributed by atoms with Gasteiger partial charge in [0.15, 0.2) is 11.5 Å². The molecule has 0 bridgehead atoms. The van der Waals surface area contributed by atoms with Gasteiger partial charge in [-0.25, -0.2) is 19.3 Å². The van der Waals surface area contributed by atoms with Gasteiger partial charge in [0.2, 0.25) is 0 Å². The summed E-state index contributed by atoms with van der Waals surface area (Å²) >= 11 is 0. The fourth-order valence-corrected chi connectivity index (χ4v) is 4.16. The number of carbonyl (C=O) groups is 1. The number of aliphatic carboxylic acids is 1. The molecule has 0 amide bonds. The zero-order chi connectivity index (χ0) is 21.3. The topological polar surface area (TPSA) is 117 Å². The Morgan fingerprint density at radius 1 is 1.40 bits per heavy atom. The van der Waals surface area contributed by atoms with E-state index in [1.165, 1.54) is 6.07 Å². The molecule has 3 heterocycles. The smallest absolute Gasteiger partial charge is 0.305 e. The van der Waals surface area contributed by atoms with Gasteiger partial charge in [-0.05, 0) is 24.3 Å². The Morgan fingerprint density at radius 3 is 2.87 bits per heavy atom.